The summed E-state index contributed by atoms with van der Waals surface area (Å²) in [6, 6.07) is 17.6. The van der Waals surface area contributed by atoms with Crippen LogP contribution in [0.25, 0.3) is 5.69 Å². The van der Waals surface area contributed by atoms with Gasteiger partial charge in [0.1, 0.15) is 5.71 Å². The van der Waals surface area contributed by atoms with E-state index in [1.54, 1.807) is 60.7 Å². The van der Waals surface area contributed by atoms with Crippen LogP contribution in [-0.2, 0) is 6.42 Å². The monoisotopic (exact) mass is 388 g/mol. The Bertz CT molecular complexity index is 983. The second-order valence-corrected chi connectivity index (χ2v) is 5.78. The van der Waals surface area contributed by atoms with Crippen molar-refractivity contribution in [3.8, 4) is 5.69 Å². The van der Waals surface area contributed by atoms with Gasteiger partial charge in [-0.15, -0.1) is 0 Å². The molecule has 0 aliphatic carbocycles. The van der Waals surface area contributed by atoms with Gasteiger partial charge in [0.05, 0.1) is 17.1 Å². The predicted molar refractivity (Wildman–Crippen MR) is 97.8 cm³/mol. The molecule has 3 rings (SSSR count). The minimum Gasteiger partial charge on any atom is -0.477 e. The van der Waals surface area contributed by atoms with E-state index in [9.17, 15) is 23.1 Å². The molecule has 0 saturated heterocycles. The summed E-state index contributed by atoms with van der Waals surface area (Å²) in [6.07, 6.45) is -5.38. The Hall–Kier alpha value is -3.62. The molecule has 0 atom stereocenters. The van der Waals surface area contributed by atoms with Gasteiger partial charge in [-0.1, -0.05) is 36.4 Å². The Morgan fingerprint density at radius 3 is 2.25 bits per heavy atom. The molecular formula is C19H15F3N4O2. The summed E-state index contributed by atoms with van der Waals surface area (Å²) in [4.78, 5) is 11.5. The van der Waals surface area contributed by atoms with Crippen LogP contribution in [0.2, 0.25) is 0 Å². The Balaban J connectivity index is 1.92. The third-order valence-corrected chi connectivity index (χ3v) is 3.75. The summed E-state index contributed by atoms with van der Waals surface area (Å²) in [6.45, 7) is 0. The molecule has 0 amide bonds. The number of aromatic nitrogens is 2. The number of nitrogens with zero attached hydrogens (tertiary/aromatic N) is 3. The first-order chi connectivity index (χ1) is 13.3. The van der Waals surface area contributed by atoms with Crippen LogP contribution in [-0.4, -0.2) is 32.7 Å². The number of para-hydroxylation sites is 2. The fourth-order valence-corrected chi connectivity index (χ4v) is 2.45. The van der Waals surface area contributed by atoms with Gasteiger partial charge >= 0.3 is 12.1 Å². The first kappa shape index (κ1) is 19.2. The standard InChI is InChI=1S/C19H15F3N4O2/c20-19(21,22)17(24-23-13-7-3-1-4-8-13)12-14-11-16(18(27)28)26(25-14)15-9-5-2-6-10-15/h1-11,23H,12H2,(H,27,28)/b24-17-. The lowest BCUT2D eigenvalue weighted by Gasteiger charge is -2.10. The summed E-state index contributed by atoms with van der Waals surface area (Å²) >= 11 is 0. The van der Waals surface area contributed by atoms with E-state index in [1.807, 2.05) is 0 Å². The molecule has 144 valence electrons. The highest BCUT2D eigenvalue weighted by molar-refractivity contribution is 5.92. The fourth-order valence-electron chi connectivity index (χ4n) is 2.45. The van der Waals surface area contributed by atoms with Crippen molar-refractivity contribution < 1.29 is 23.1 Å². The summed E-state index contributed by atoms with van der Waals surface area (Å²) < 4.78 is 41.2. The zero-order valence-electron chi connectivity index (χ0n) is 14.4. The molecule has 9 heteroatoms. The molecule has 0 unspecified atom stereocenters. The number of hydrogen-bond donors (Lipinski definition) is 2. The molecule has 1 aromatic heterocycles. The Labute approximate surface area is 157 Å². The average molecular weight is 388 g/mol. The normalized spacial score (nSPS) is 12.0. The molecule has 0 bridgehead atoms. The van der Waals surface area contributed by atoms with Gasteiger partial charge in [0.15, 0.2) is 5.69 Å². The van der Waals surface area contributed by atoms with Crippen LogP contribution in [0.5, 0.6) is 0 Å². The van der Waals surface area contributed by atoms with Gasteiger partial charge in [-0.05, 0) is 30.3 Å². The molecule has 2 N–H and O–H groups in total. The highest BCUT2D eigenvalue weighted by Gasteiger charge is 2.36. The van der Waals surface area contributed by atoms with Crippen molar-refractivity contribution in [2.24, 2.45) is 5.10 Å². The molecule has 0 radical (unpaired) electrons. The number of carboxylic acid groups (broad SMARTS) is 1. The smallest absolute Gasteiger partial charge is 0.431 e. The zero-order valence-corrected chi connectivity index (χ0v) is 14.4. The van der Waals surface area contributed by atoms with E-state index in [2.05, 4.69) is 15.6 Å². The van der Waals surface area contributed by atoms with Gasteiger partial charge in [-0.2, -0.15) is 23.4 Å². The molecule has 6 nitrogen and oxygen atoms in total. The van der Waals surface area contributed by atoms with Crippen molar-refractivity contribution in [3.63, 3.8) is 0 Å². The van der Waals surface area contributed by atoms with Crippen LogP contribution in [0.4, 0.5) is 18.9 Å². The van der Waals surface area contributed by atoms with Crippen LogP contribution in [0.15, 0.2) is 71.8 Å². The van der Waals surface area contributed by atoms with E-state index >= 15 is 0 Å². The Kier molecular flexibility index (Phi) is 5.44. The number of aromatic carboxylic acids is 1. The van der Waals surface area contributed by atoms with Crippen molar-refractivity contribution in [2.75, 3.05) is 5.43 Å². The highest BCUT2D eigenvalue weighted by Crippen LogP contribution is 2.22. The number of halogens is 3. The quantitative estimate of drug-likeness (QED) is 0.491. The van der Waals surface area contributed by atoms with Crippen LogP contribution >= 0.6 is 0 Å². The summed E-state index contributed by atoms with van der Waals surface area (Å²) in [5.74, 6) is -1.30. The van der Waals surface area contributed by atoms with Crippen LogP contribution in [0, 0.1) is 0 Å². The maximum atomic E-state index is 13.4. The predicted octanol–water partition coefficient (Wildman–Crippen LogP) is 4.14. The molecule has 28 heavy (non-hydrogen) atoms. The SMILES string of the molecule is O=C(O)c1cc(C/C(=N/Nc2ccccc2)C(F)(F)F)nn1-c1ccccc1. The number of anilines is 1. The van der Waals surface area contributed by atoms with E-state index in [4.69, 9.17) is 0 Å². The fraction of sp³-hybridized carbons (Fsp3) is 0.105. The number of rotatable bonds is 6. The summed E-state index contributed by atoms with van der Waals surface area (Å²) in [5, 5.41) is 16.9. The van der Waals surface area contributed by atoms with Crippen LogP contribution in [0.3, 0.4) is 0 Å². The number of carbonyl (C=O) groups is 1. The lowest BCUT2D eigenvalue weighted by atomic mass is 10.2. The maximum Gasteiger partial charge on any atom is 0.431 e. The van der Waals surface area contributed by atoms with Gasteiger partial charge in [-0.3, -0.25) is 5.43 Å². The van der Waals surface area contributed by atoms with Gasteiger partial charge < -0.3 is 5.11 Å². The third-order valence-electron chi connectivity index (χ3n) is 3.75. The van der Waals surface area contributed by atoms with Crippen molar-refractivity contribution in [1.82, 2.24) is 9.78 Å². The van der Waals surface area contributed by atoms with Crippen LogP contribution < -0.4 is 5.43 Å². The van der Waals surface area contributed by atoms with Gasteiger partial charge in [0, 0.05) is 6.42 Å². The number of carboxylic acids is 1. The van der Waals surface area contributed by atoms with E-state index in [1.165, 1.54) is 0 Å². The van der Waals surface area contributed by atoms with Gasteiger partial charge in [-0.25, -0.2) is 9.48 Å². The molecule has 0 saturated carbocycles. The zero-order chi connectivity index (χ0) is 20.1. The van der Waals surface area contributed by atoms with Crippen LogP contribution in [0.1, 0.15) is 16.2 Å². The number of benzene rings is 2. The first-order valence-electron chi connectivity index (χ1n) is 8.17. The van der Waals surface area contributed by atoms with E-state index in [0.717, 1.165) is 10.7 Å². The lowest BCUT2D eigenvalue weighted by molar-refractivity contribution is -0.0602. The molecule has 3 aromatic rings. The highest BCUT2D eigenvalue weighted by atomic mass is 19.4. The summed E-state index contributed by atoms with van der Waals surface area (Å²) in [5.41, 5.74) is 1.77. The topological polar surface area (TPSA) is 79.5 Å². The van der Waals surface area contributed by atoms with E-state index < -0.39 is 24.3 Å². The van der Waals surface area contributed by atoms with Gasteiger partial charge in [0.2, 0.25) is 0 Å². The molecular weight excluding hydrogens is 373 g/mol. The molecule has 0 spiro atoms. The molecule has 0 aliphatic rings. The lowest BCUT2D eigenvalue weighted by Crippen LogP contribution is -2.26. The van der Waals surface area contributed by atoms with Crippen molar-refractivity contribution in [2.45, 2.75) is 12.6 Å². The molecule has 1 heterocycles. The Morgan fingerprint density at radius 1 is 1.07 bits per heavy atom. The van der Waals surface area contributed by atoms with Crippen molar-refractivity contribution in [1.29, 1.82) is 0 Å². The number of nitrogens with one attached hydrogen (secondary N) is 1. The molecule has 0 aliphatic heterocycles. The number of alkyl halides is 3. The second-order valence-electron chi connectivity index (χ2n) is 5.78. The number of hydrogen-bond acceptors (Lipinski definition) is 4. The molecule has 0 fully saturated rings. The van der Waals surface area contributed by atoms with Crippen molar-refractivity contribution in [3.05, 3.63) is 78.1 Å². The van der Waals surface area contributed by atoms with E-state index in [0.29, 0.717) is 11.4 Å². The third kappa shape index (κ3) is 4.56. The maximum absolute atomic E-state index is 13.4. The minimum absolute atomic E-state index is 0.0628. The van der Waals surface area contributed by atoms with Crippen molar-refractivity contribution >= 4 is 17.4 Å². The number of hydrazone groups is 1. The largest absolute Gasteiger partial charge is 0.477 e. The molecule has 2 aromatic carbocycles. The second kappa shape index (κ2) is 7.95. The average Bonchev–Trinajstić information content (AvgIpc) is 3.10. The summed E-state index contributed by atoms with van der Waals surface area (Å²) in [7, 11) is 0. The van der Waals surface area contributed by atoms with E-state index in [-0.39, 0.29) is 11.4 Å². The Morgan fingerprint density at radius 2 is 1.68 bits per heavy atom. The van der Waals surface area contributed by atoms with Gasteiger partial charge in [0.25, 0.3) is 0 Å². The first-order valence-corrected chi connectivity index (χ1v) is 8.17. The minimum atomic E-state index is -4.71.